The van der Waals surface area contributed by atoms with Crippen LogP contribution in [0.3, 0.4) is 0 Å². The second-order valence-electron chi connectivity index (χ2n) is 12.3. The van der Waals surface area contributed by atoms with Crippen LogP contribution in [0.1, 0.15) is 38.7 Å². The van der Waals surface area contributed by atoms with Crippen molar-refractivity contribution >= 4 is 16.1 Å². The number of unbranched alkanes of at least 4 members (excludes halogenated alkanes) is 1. The topological polar surface area (TPSA) is 170 Å². The molecule has 5 rings (SSSR count). The number of amides is 1. The third kappa shape index (κ3) is 7.86. The predicted molar refractivity (Wildman–Crippen MR) is 167 cm³/mol. The minimum absolute atomic E-state index is 0.000871. The van der Waals surface area contributed by atoms with Crippen LogP contribution in [0, 0.1) is 11.8 Å². The van der Waals surface area contributed by atoms with E-state index < -0.39 is 40.6 Å². The van der Waals surface area contributed by atoms with Gasteiger partial charge >= 0.3 is 6.09 Å². The summed E-state index contributed by atoms with van der Waals surface area (Å²) in [6, 6.07) is 10.1. The van der Waals surface area contributed by atoms with Gasteiger partial charge in [0.2, 0.25) is 16.8 Å². The van der Waals surface area contributed by atoms with Crippen molar-refractivity contribution in [2.75, 3.05) is 46.2 Å². The molecule has 2 aromatic rings. The summed E-state index contributed by atoms with van der Waals surface area (Å²) in [4.78, 5) is 14.2. The Labute approximate surface area is 270 Å². The Hall–Kier alpha value is -3.14. The first kappa shape index (κ1) is 34.2. The lowest BCUT2D eigenvalue weighted by molar-refractivity contribution is -0.0906. The Morgan fingerprint density at radius 3 is 2.54 bits per heavy atom. The number of carboxylic acid groups (broad SMARTS) is 1. The van der Waals surface area contributed by atoms with Crippen molar-refractivity contribution in [2.24, 2.45) is 17.6 Å². The van der Waals surface area contributed by atoms with Crippen LogP contribution >= 0.6 is 0 Å². The number of benzene rings is 2. The van der Waals surface area contributed by atoms with E-state index in [1.807, 2.05) is 26.0 Å². The molecule has 2 saturated heterocycles. The van der Waals surface area contributed by atoms with Gasteiger partial charge in [0.1, 0.15) is 5.75 Å². The van der Waals surface area contributed by atoms with Crippen LogP contribution in [-0.4, -0.2) is 105 Å². The number of hydrogen-bond donors (Lipinski definition) is 3. The van der Waals surface area contributed by atoms with Crippen molar-refractivity contribution in [3.8, 4) is 17.2 Å². The van der Waals surface area contributed by atoms with Crippen molar-refractivity contribution in [3.63, 3.8) is 0 Å². The average molecular weight is 664 g/mol. The van der Waals surface area contributed by atoms with E-state index in [2.05, 4.69) is 0 Å². The standard InChI is InChI=1S/C32H45N3O10S/c1-21(2)17-34(46(39,40)24-9-10-29-30(16-24)45-20-44-29)18-28(36)26(15-22-5-7-23(8-6-22)41-13-4-3-12-33)35(32(37)38)27-19-43-31-25(27)11-14-42-31/h5-10,16,21,25-28,31,36H,3-4,11-15,17-20,33H2,1-2H3,(H,37,38)/t25-,26-,27-,28+,31+/m0/s1. The van der Waals surface area contributed by atoms with E-state index in [9.17, 15) is 23.4 Å². The quantitative estimate of drug-likeness (QED) is 0.226. The minimum Gasteiger partial charge on any atom is -0.494 e. The van der Waals surface area contributed by atoms with Gasteiger partial charge in [-0.05, 0) is 68.0 Å². The molecule has 3 heterocycles. The molecule has 0 unspecified atom stereocenters. The van der Waals surface area contributed by atoms with Gasteiger partial charge in [-0.3, -0.25) is 4.90 Å². The van der Waals surface area contributed by atoms with E-state index in [0.29, 0.717) is 43.4 Å². The first-order valence-corrected chi connectivity index (χ1v) is 17.3. The predicted octanol–water partition coefficient (Wildman–Crippen LogP) is 2.89. The van der Waals surface area contributed by atoms with Crippen molar-refractivity contribution in [3.05, 3.63) is 48.0 Å². The Balaban J connectivity index is 1.42. The zero-order chi connectivity index (χ0) is 32.8. The molecule has 0 saturated carbocycles. The summed E-state index contributed by atoms with van der Waals surface area (Å²) in [5, 5.41) is 22.5. The first-order valence-electron chi connectivity index (χ1n) is 15.8. The summed E-state index contributed by atoms with van der Waals surface area (Å²) in [6.07, 6.45) is -0.669. The highest BCUT2D eigenvalue weighted by Crippen LogP contribution is 2.37. The molecule has 2 fully saturated rings. The molecule has 0 aromatic heterocycles. The lowest BCUT2D eigenvalue weighted by Crippen LogP contribution is -2.57. The number of sulfonamides is 1. The highest BCUT2D eigenvalue weighted by atomic mass is 32.2. The number of nitrogens with two attached hydrogens (primary N) is 1. The molecule has 3 aliphatic heterocycles. The molecule has 4 N–H and O–H groups in total. The summed E-state index contributed by atoms with van der Waals surface area (Å²) in [5.74, 6) is 1.16. The Bertz CT molecular complexity index is 1420. The van der Waals surface area contributed by atoms with Crippen molar-refractivity contribution in [1.29, 1.82) is 0 Å². The molecule has 0 aliphatic carbocycles. The average Bonchev–Trinajstić information content (AvgIpc) is 3.77. The molecule has 2 aromatic carbocycles. The summed E-state index contributed by atoms with van der Waals surface area (Å²) >= 11 is 0. The van der Waals surface area contributed by atoms with Gasteiger partial charge in [0.15, 0.2) is 17.8 Å². The van der Waals surface area contributed by atoms with E-state index >= 15 is 0 Å². The molecule has 0 spiro atoms. The number of aliphatic hydroxyl groups is 1. The van der Waals surface area contributed by atoms with E-state index in [1.54, 1.807) is 18.2 Å². The molecule has 0 radical (unpaired) electrons. The number of nitrogens with zero attached hydrogens (tertiary/aromatic N) is 2. The maximum atomic E-state index is 14.0. The largest absolute Gasteiger partial charge is 0.494 e. The monoisotopic (exact) mass is 663 g/mol. The molecule has 3 aliphatic rings. The molecule has 254 valence electrons. The minimum atomic E-state index is -4.11. The normalized spacial score (nSPS) is 21.8. The molecular formula is C32H45N3O10S. The summed E-state index contributed by atoms with van der Waals surface area (Å²) in [7, 11) is -4.11. The molecule has 0 bridgehead atoms. The van der Waals surface area contributed by atoms with Crippen LogP contribution in [0.4, 0.5) is 4.79 Å². The van der Waals surface area contributed by atoms with E-state index in [-0.39, 0.29) is 49.6 Å². The van der Waals surface area contributed by atoms with Gasteiger partial charge in [0.05, 0.1) is 42.9 Å². The van der Waals surface area contributed by atoms with Crippen LogP contribution < -0.4 is 19.9 Å². The maximum Gasteiger partial charge on any atom is 0.407 e. The van der Waals surface area contributed by atoms with Gasteiger partial charge in [0.25, 0.3) is 0 Å². The number of aliphatic hydroxyl groups excluding tert-OH is 1. The number of carbonyl (C=O) groups is 1. The van der Waals surface area contributed by atoms with E-state index in [0.717, 1.165) is 18.4 Å². The van der Waals surface area contributed by atoms with Crippen LogP contribution in [0.25, 0.3) is 0 Å². The molecule has 5 atom stereocenters. The maximum absolute atomic E-state index is 14.0. The zero-order valence-corrected chi connectivity index (χ0v) is 27.1. The lowest BCUT2D eigenvalue weighted by Gasteiger charge is -2.39. The van der Waals surface area contributed by atoms with E-state index in [4.69, 9.17) is 29.4 Å². The third-order valence-electron chi connectivity index (χ3n) is 8.56. The van der Waals surface area contributed by atoms with Crippen molar-refractivity contribution in [1.82, 2.24) is 9.21 Å². The van der Waals surface area contributed by atoms with Gasteiger partial charge in [-0.1, -0.05) is 26.0 Å². The lowest BCUT2D eigenvalue weighted by atomic mass is 9.93. The third-order valence-corrected chi connectivity index (χ3v) is 10.4. The van der Waals surface area contributed by atoms with Crippen LogP contribution in [0.15, 0.2) is 47.4 Å². The summed E-state index contributed by atoms with van der Waals surface area (Å²) in [5.41, 5.74) is 6.32. The Kier molecular flexibility index (Phi) is 11.3. The molecule has 14 heteroatoms. The molecule has 1 amide bonds. The highest BCUT2D eigenvalue weighted by Gasteiger charge is 2.49. The smallest absolute Gasteiger partial charge is 0.407 e. The van der Waals surface area contributed by atoms with Gasteiger partial charge in [-0.2, -0.15) is 4.31 Å². The Morgan fingerprint density at radius 1 is 1.07 bits per heavy atom. The SMILES string of the molecule is CC(C)CN(C[C@@H](O)[C@H](Cc1ccc(OCCCCN)cc1)N(C(=O)O)[C@H]1CO[C@H]2OCC[C@H]21)S(=O)(=O)c1ccc2c(c1)OCO2. The molecule has 46 heavy (non-hydrogen) atoms. The number of rotatable bonds is 16. The number of fused-ring (bicyclic) bond motifs is 2. The molecular weight excluding hydrogens is 618 g/mol. The second-order valence-corrected chi connectivity index (χ2v) is 14.3. The number of ether oxygens (including phenoxy) is 5. The van der Waals surface area contributed by atoms with Gasteiger partial charge in [-0.25, -0.2) is 13.2 Å². The highest BCUT2D eigenvalue weighted by molar-refractivity contribution is 7.89. The van der Waals surface area contributed by atoms with Crippen molar-refractivity contribution in [2.45, 2.75) is 68.9 Å². The van der Waals surface area contributed by atoms with Gasteiger partial charge in [-0.15, -0.1) is 0 Å². The molecule has 13 nitrogen and oxygen atoms in total. The summed E-state index contributed by atoms with van der Waals surface area (Å²) in [6.45, 7) is 5.23. The van der Waals surface area contributed by atoms with Gasteiger partial charge < -0.3 is 39.6 Å². The second kappa shape index (κ2) is 15.2. The van der Waals surface area contributed by atoms with Crippen LogP contribution in [0.2, 0.25) is 0 Å². The number of hydrogen-bond acceptors (Lipinski definition) is 10. The fraction of sp³-hybridized carbons (Fsp3) is 0.594. The van der Waals surface area contributed by atoms with Crippen molar-refractivity contribution < 1.29 is 47.1 Å². The fourth-order valence-electron chi connectivity index (χ4n) is 6.27. The van der Waals surface area contributed by atoms with Crippen LogP contribution in [0.5, 0.6) is 17.2 Å². The fourth-order valence-corrected chi connectivity index (χ4v) is 7.91. The Morgan fingerprint density at radius 2 is 1.83 bits per heavy atom. The first-order chi connectivity index (χ1) is 22.1. The summed E-state index contributed by atoms with van der Waals surface area (Å²) < 4.78 is 57.2. The zero-order valence-electron chi connectivity index (χ0n) is 26.3. The van der Waals surface area contributed by atoms with Gasteiger partial charge in [0, 0.05) is 25.1 Å². The van der Waals surface area contributed by atoms with Crippen LogP contribution in [-0.2, 0) is 25.9 Å². The van der Waals surface area contributed by atoms with E-state index in [1.165, 1.54) is 21.3 Å².